The Hall–Kier alpha value is -1.02. The van der Waals surface area contributed by atoms with Crippen LogP contribution in [0.15, 0.2) is 24.3 Å². The number of hydrogen-bond acceptors (Lipinski definition) is 2. The van der Waals surface area contributed by atoms with Gasteiger partial charge in [-0.1, -0.05) is 26.0 Å². The van der Waals surface area contributed by atoms with E-state index >= 15 is 0 Å². The summed E-state index contributed by atoms with van der Waals surface area (Å²) in [5.41, 5.74) is 3.16. The summed E-state index contributed by atoms with van der Waals surface area (Å²) >= 11 is 0. The summed E-state index contributed by atoms with van der Waals surface area (Å²) in [6, 6.07) is 9.48. The van der Waals surface area contributed by atoms with Crippen molar-refractivity contribution in [3.8, 4) is 0 Å². The molecule has 1 aliphatic rings. The average Bonchev–Trinajstić information content (AvgIpc) is 2.38. The maximum atomic E-state index is 3.53. The van der Waals surface area contributed by atoms with Gasteiger partial charge < -0.3 is 10.2 Å². The molecule has 0 bridgehead atoms. The molecule has 0 aromatic heterocycles. The third kappa shape index (κ3) is 3.76. The first-order valence-electron chi connectivity index (χ1n) is 7.86. The first-order valence-corrected chi connectivity index (χ1v) is 7.86. The highest BCUT2D eigenvalue weighted by Gasteiger charge is 2.34. The Morgan fingerprint density at radius 1 is 1.35 bits per heavy atom. The molecule has 0 aliphatic heterocycles. The van der Waals surface area contributed by atoms with E-state index in [4.69, 9.17) is 0 Å². The molecule has 1 fully saturated rings. The number of nitrogens with one attached hydrogen (secondary N) is 1. The first-order chi connectivity index (χ1) is 9.41. The Morgan fingerprint density at radius 2 is 2.10 bits per heavy atom. The van der Waals surface area contributed by atoms with Crippen LogP contribution in [0.4, 0.5) is 5.69 Å². The summed E-state index contributed by atoms with van der Waals surface area (Å²) in [6.45, 7) is 8.13. The van der Waals surface area contributed by atoms with E-state index in [1.165, 1.54) is 30.5 Å². The number of aryl methyl sites for hydroxylation is 1. The molecule has 1 saturated carbocycles. The van der Waals surface area contributed by atoms with Gasteiger partial charge in [0.15, 0.2) is 0 Å². The van der Waals surface area contributed by atoms with Crippen LogP contribution < -0.4 is 10.2 Å². The van der Waals surface area contributed by atoms with E-state index in [0.29, 0.717) is 11.5 Å². The molecule has 1 N–H and O–H groups in total. The maximum Gasteiger partial charge on any atom is 0.0366 e. The molecule has 2 atom stereocenters. The number of hydrogen-bond donors (Lipinski definition) is 1. The van der Waals surface area contributed by atoms with Gasteiger partial charge >= 0.3 is 0 Å². The molecule has 2 heteroatoms. The summed E-state index contributed by atoms with van der Waals surface area (Å²) < 4.78 is 0. The van der Waals surface area contributed by atoms with Crippen molar-refractivity contribution in [1.82, 2.24) is 5.32 Å². The van der Waals surface area contributed by atoms with E-state index in [0.717, 1.165) is 12.5 Å². The van der Waals surface area contributed by atoms with Gasteiger partial charge in [-0.3, -0.25) is 0 Å². The first kappa shape index (κ1) is 15.4. The molecular weight excluding hydrogens is 244 g/mol. The van der Waals surface area contributed by atoms with Crippen LogP contribution in [0.2, 0.25) is 0 Å². The van der Waals surface area contributed by atoms with Crippen LogP contribution >= 0.6 is 0 Å². The smallest absolute Gasteiger partial charge is 0.0366 e. The van der Waals surface area contributed by atoms with Crippen molar-refractivity contribution in [2.24, 2.45) is 11.3 Å². The fraction of sp³-hybridized carbons (Fsp3) is 0.667. The van der Waals surface area contributed by atoms with Gasteiger partial charge in [0.1, 0.15) is 0 Å². The van der Waals surface area contributed by atoms with Crippen LogP contribution in [-0.4, -0.2) is 26.7 Å². The van der Waals surface area contributed by atoms with Crippen molar-refractivity contribution in [3.05, 3.63) is 29.8 Å². The number of anilines is 1. The summed E-state index contributed by atoms with van der Waals surface area (Å²) in [6.07, 6.45) is 3.95. The monoisotopic (exact) mass is 274 g/mol. The van der Waals surface area contributed by atoms with E-state index in [-0.39, 0.29) is 0 Å². The molecule has 0 amide bonds. The standard InChI is InChI=1S/C18H30N2/c1-14-7-6-8-16(11-14)20(5)13-15-12-18(2,3)10-9-17(15)19-4/h6-8,11,15,17,19H,9-10,12-13H2,1-5H3. The van der Waals surface area contributed by atoms with Gasteiger partial charge in [0, 0.05) is 25.3 Å². The largest absolute Gasteiger partial charge is 0.374 e. The molecule has 112 valence electrons. The third-order valence-electron chi connectivity index (χ3n) is 4.84. The van der Waals surface area contributed by atoms with Crippen LogP contribution in [0.5, 0.6) is 0 Å². The highest BCUT2D eigenvalue weighted by Crippen LogP contribution is 2.39. The Bertz CT molecular complexity index is 439. The minimum Gasteiger partial charge on any atom is -0.374 e. The van der Waals surface area contributed by atoms with Gasteiger partial charge in [-0.25, -0.2) is 0 Å². The van der Waals surface area contributed by atoms with Crippen LogP contribution in [0.3, 0.4) is 0 Å². The normalized spacial score (nSPS) is 25.4. The van der Waals surface area contributed by atoms with E-state index in [9.17, 15) is 0 Å². The highest BCUT2D eigenvalue weighted by atomic mass is 15.1. The minimum atomic E-state index is 0.492. The molecule has 1 aromatic carbocycles. The zero-order chi connectivity index (χ0) is 14.8. The number of benzene rings is 1. The van der Waals surface area contributed by atoms with Gasteiger partial charge in [-0.2, -0.15) is 0 Å². The second kappa shape index (κ2) is 6.17. The van der Waals surface area contributed by atoms with Crippen LogP contribution in [0.25, 0.3) is 0 Å². The van der Waals surface area contributed by atoms with Crippen molar-refractivity contribution in [2.75, 3.05) is 25.5 Å². The second-order valence-corrected chi connectivity index (χ2v) is 7.28. The van der Waals surface area contributed by atoms with Crippen molar-refractivity contribution >= 4 is 5.69 Å². The fourth-order valence-electron chi connectivity index (χ4n) is 3.63. The molecule has 1 aliphatic carbocycles. The summed E-state index contributed by atoms with van der Waals surface area (Å²) in [5, 5.41) is 3.53. The van der Waals surface area contributed by atoms with Gasteiger partial charge in [-0.05, 0) is 62.3 Å². The van der Waals surface area contributed by atoms with E-state index < -0.39 is 0 Å². The molecule has 1 aromatic rings. The Morgan fingerprint density at radius 3 is 2.75 bits per heavy atom. The Labute approximate surface area is 124 Å². The van der Waals surface area contributed by atoms with E-state index in [1.54, 1.807) is 0 Å². The van der Waals surface area contributed by atoms with Crippen LogP contribution in [0, 0.1) is 18.3 Å². The molecule has 2 unspecified atom stereocenters. The molecule has 0 spiro atoms. The zero-order valence-electron chi connectivity index (χ0n) is 13.7. The molecule has 2 nitrogen and oxygen atoms in total. The summed E-state index contributed by atoms with van der Waals surface area (Å²) in [5.74, 6) is 0.731. The van der Waals surface area contributed by atoms with Crippen LogP contribution in [0.1, 0.15) is 38.7 Å². The minimum absolute atomic E-state index is 0.492. The molecule has 2 rings (SSSR count). The van der Waals surface area contributed by atoms with Gasteiger partial charge in [0.2, 0.25) is 0 Å². The van der Waals surface area contributed by atoms with E-state index in [1.807, 2.05) is 0 Å². The highest BCUT2D eigenvalue weighted by molar-refractivity contribution is 5.47. The Balaban J connectivity index is 2.06. The van der Waals surface area contributed by atoms with Crippen molar-refractivity contribution in [2.45, 2.75) is 46.1 Å². The lowest BCUT2D eigenvalue weighted by Crippen LogP contribution is -2.45. The third-order valence-corrected chi connectivity index (χ3v) is 4.84. The topological polar surface area (TPSA) is 15.3 Å². The zero-order valence-corrected chi connectivity index (χ0v) is 13.7. The fourth-order valence-corrected chi connectivity index (χ4v) is 3.63. The summed E-state index contributed by atoms with van der Waals surface area (Å²) in [4.78, 5) is 2.42. The SMILES string of the molecule is CNC1CCC(C)(C)CC1CN(C)c1cccc(C)c1. The Kier molecular flexibility index (Phi) is 4.74. The van der Waals surface area contributed by atoms with Gasteiger partial charge in [0.25, 0.3) is 0 Å². The van der Waals surface area contributed by atoms with Crippen molar-refractivity contribution < 1.29 is 0 Å². The maximum absolute atomic E-state index is 3.53. The predicted octanol–water partition coefficient (Wildman–Crippen LogP) is 3.85. The van der Waals surface area contributed by atoms with Crippen molar-refractivity contribution in [1.29, 1.82) is 0 Å². The lowest BCUT2D eigenvalue weighted by atomic mass is 9.69. The van der Waals surface area contributed by atoms with E-state index in [2.05, 4.69) is 69.3 Å². The van der Waals surface area contributed by atoms with Gasteiger partial charge in [-0.15, -0.1) is 0 Å². The lowest BCUT2D eigenvalue weighted by Gasteiger charge is -2.42. The second-order valence-electron chi connectivity index (χ2n) is 7.28. The molecule has 0 radical (unpaired) electrons. The molecular formula is C18H30N2. The molecule has 0 heterocycles. The quantitative estimate of drug-likeness (QED) is 0.897. The lowest BCUT2D eigenvalue weighted by molar-refractivity contribution is 0.146. The summed E-state index contributed by atoms with van der Waals surface area (Å²) in [7, 11) is 4.34. The molecule has 0 saturated heterocycles. The van der Waals surface area contributed by atoms with Gasteiger partial charge in [0.05, 0.1) is 0 Å². The average molecular weight is 274 g/mol. The van der Waals surface area contributed by atoms with Crippen LogP contribution in [-0.2, 0) is 0 Å². The number of nitrogens with zero attached hydrogens (tertiary/aromatic N) is 1. The number of rotatable bonds is 4. The predicted molar refractivity (Wildman–Crippen MR) is 88.4 cm³/mol. The molecule has 20 heavy (non-hydrogen) atoms. The van der Waals surface area contributed by atoms with Crippen molar-refractivity contribution in [3.63, 3.8) is 0 Å².